The van der Waals surface area contributed by atoms with Gasteiger partial charge in [0.25, 0.3) is 0 Å². The highest BCUT2D eigenvalue weighted by Crippen LogP contribution is 2.53. The lowest BCUT2D eigenvalue weighted by atomic mass is 9.96. The molecule has 0 heterocycles. The van der Waals surface area contributed by atoms with E-state index >= 15 is 0 Å². The van der Waals surface area contributed by atoms with E-state index in [0.717, 1.165) is 46.2 Å². The predicted octanol–water partition coefficient (Wildman–Crippen LogP) is 7.25. The molecule has 184 valence electrons. The van der Waals surface area contributed by atoms with Gasteiger partial charge in [-0.3, -0.25) is 9.59 Å². The molecule has 35 heavy (non-hydrogen) atoms. The fourth-order valence-electron chi connectivity index (χ4n) is 4.88. The summed E-state index contributed by atoms with van der Waals surface area (Å²) in [7, 11) is -2.69. The minimum absolute atomic E-state index is 0.231. The van der Waals surface area contributed by atoms with Gasteiger partial charge < -0.3 is 9.30 Å². The van der Waals surface area contributed by atoms with Crippen LogP contribution in [0, 0.1) is 34.6 Å². The summed E-state index contributed by atoms with van der Waals surface area (Å²) in [6.45, 7) is 11.6. The van der Waals surface area contributed by atoms with Gasteiger partial charge in [0, 0.05) is 16.4 Å². The van der Waals surface area contributed by atoms with Crippen molar-refractivity contribution in [3.63, 3.8) is 0 Å². The van der Waals surface area contributed by atoms with Crippen LogP contribution in [0.1, 0.15) is 73.9 Å². The molecule has 0 bridgehead atoms. The number of aryl methyl sites for hydroxylation is 6. The highest BCUT2D eigenvalue weighted by atomic mass is 31.2. The number of benzene rings is 3. The summed E-state index contributed by atoms with van der Waals surface area (Å²) >= 11 is 0. The predicted molar refractivity (Wildman–Crippen MR) is 144 cm³/mol. The van der Waals surface area contributed by atoms with Crippen LogP contribution in [0.3, 0.4) is 0 Å². The number of methoxy groups -OCH3 is 1. The molecular weight excluding hydrogens is 455 g/mol. The van der Waals surface area contributed by atoms with Gasteiger partial charge in [-0.15, -0.1) is 0 Å². The minimum Gasteiger partial charge on any atom is -0.497 e. The van der Waals surface area contributed by atoms with E-state index in [2.05, 4.69) is 6.92 Å². The zero-order valence-corrected chi connectivity index (χ0v) is 22.7. The molecule has 0 radical (unpaired) electrons. The molecule has 0 saturated heterocycles. The van der Waals surface area contributed by atoms with Crippen molar-refractivity contribution < 1.29 is 18.9 Å². The molecule has 0 fully saturated rings. The van der Waals surface area contributed by atoms with E-state index in [1.807, 2.05) is 58.9 Å². The number of hydrogen-bond donors (Lipinski definition) is 0. The lowest BCUT2D eigenvalue weighted by molar-refractivity contribution is 0.104. The highest BCUT2D eigenvalue weighted by molar-refractivity contribution is 8.01. The van der Waals surface area contributed by atoms with E-state index in [4.69, 9.17) is 4.74 Å². The van der Waals surface area contributed by atoms with Crippen molar-refractivity contribution in [1.29, 1.82) is 0 Å². The lowest BCUT2D eigenvalue weighted by Crippen LogP contribution is -2.23. The van der Waals surface area contributed by atoms with Crippen molar-refractivity contribution in [1.82, 2.24) is 0 Å². The highest BCUT2D eigenvalue weighted by Gasteiger charge is 2.45. The number of carbonyl (C=O) groups excluding carboxylic acids is 2. The third-order valence-corrected chi connectivity index (χ3v) is 9.09. The van der Waals surface area contributed by atoms with E-state index in [-0.39, 0.29) is 5.30 Å². The van der Waals surface area contributed by atoms with E-state index < -0.39 is 18.2 Å². The Morgan fingerprint density at radius 2 is 1.26 bits per heavy atom. The van der Waals surface area contributed by atoms with Gasteiger partial charge in [-0.2, -0.15) is 0 Å². The molecule has 0 saturated carbocycles. The summed E-state index contributed by atoms with van der Waals surface area (Å²) < 4.78 is 20.2. The summed E-state index contributed by atoms with van der Waals surface area (Å²) in [5, 5.41) is 0.231. The van der Waals surface area contributed by atoms with Gasteiger partial charge in [0.2, 0.25) is 18.2 Å². The first kappa shape index (κ1) is 26.6. The maximum absolute atomic E-state index is 14.9. The SMILES string of the molecule is CCCCc1cc(C)cc(C)c1C(=O)P(=O)(C(=O)c1c(C)cc(C)cc1C)c1ccc(OC)cc1. The monoisotopic (exact) mass is 490 g/mol. The number of rotatable bonds is 9. The van der Waals surface area contributed by atoms with Crippen LogP contribution in [-0.4, -0.2) is 18.2 Å². The Morgan fingerprint density at radius 3 is 1.77 bits per heavy atom. The van der Waals surface area contributed by atoms with Gasteiger partial charge in [0.05, 0.1) is 7.11 Å². The molecular formula is C30H35O4P. The van der Waals surface area contributed by atoms with Crippen LogP contribution in [-0.2, 0) is 11.0 Å². The third kappa shape index (κ3) is 5.18. The number of carbonyl (C=O) groups is 2. The first-order valence-corrected chi connectivity index (χ1v) is 13.8. The molecule has 1 atom stereocenters. The van der Waals surface area contributed by atoms with E-state index in [0.29, 0.717) is 23.3 Å². The Kier molecular flexibility index (Phi) is 8.18. The second-order valence-electron chi connectivity index (χ2n) is 9.41. The maximum atomic E-state index is 14.9. The fourth-order valence-corrected chi connectivity index (χ4v) is 7.40. The van der Waals surface area contributed by atoms with Gasteiger partial charge in [-0.25, -0.2) is 0 Å². The topological polar surface area (TPSA) is 60.4 Å². The number of unbranched alkanes of at least 4 members (excludes halogenated alkanes) is 1. The summed E-state index contributed by atoms with van der Waals surface area (Å²) in [6, 6.07) is 14.2. The molecule has 0 aliphatic heterocycles. The quantitative estimate of drug-likeness (QED) is 0.297. The Labute approximate surface area is 209 Å². The van der Waals surface area contributed by atoms with Crippen molar-refractivity contribution in [2.75, 3.05) is 7.11 Å². The summed E-state index contributed by atoms with van der Waals surface area (Å²) in [6.07, 6.45) is 2.57. The number of ether oxygens (including phenoxy) is 1. The average molecular weight is 491 g/mol. The first-order valence-electron chi connectivity index (χ1n) is 12.1. The molecule has 0 spiro atoms. The van der Waals surface area contributed by atoms with Crippen molar-refractivity contribution >= 4 is 23.5 Å². The Morgan fingerprint density at radius 1 is 0.771 bits per heavy atom. The summed E-state index contributed by atoms with van der Waals surface area (Å²) in [5.74, 6) is 0.568. The standard InChI is InChI=1S/C30H35O4P/c1-8-9-10-24-18-20(3)17-23(6)28(24)30(32)35(33,26-13-11-25(34-7)12-14-26)29(31)27-21(4)15-19(2)16-22(27)5/h11-18H,8-10H2,1-7H3. The van der Waals surface area contributed by atoms with Crippen LogP contribution in [0.5, 0.6) is 5.75 Å². The zero-order valence-electron chi connectivity index (χ0n) is 21.8. The second-order valence-corrected chi connectivity index (χ2v) is 12.0. The van der Waals surface area contributed by atoms with E-state index in [1.165, 1.54) is 0 Å². The van der Waals surface area contributed by atoms with Gasteiger partial charge in [0.15, 0.2) is 0 Å². The summed E-state index contributed by atoms with van der Waals surface area (Å²) in [4.78, 5) is 28.5. The molecule has 4 nitrogen and oxygen atoms in total. The van der Waals surface area contributed by atoms with Crippen molar-refractivity contribution in [3.8, 4) is 5.75 Å². The minimum atomic E-state index is -4.23. The van der Waals surface area contributed by atoms with Crippen LogP contribution in [0.15, 0.2) is 48.5 Å². The molecule has 3 rings (SSSR count). The van der Waals surface area contributed by atoms with Crippen LogP contribution in [0.25, 0.3) is 0 Å². The zero-order chi connectivity index (χ0) is 25.9. The Bertz CT molecular complexity index is 1300. The molecule has 1 unspecified atom stereocenters. The summed E-state index contributed by atoms with van der Waals surface area (Å²) in [5.41, 5.74) is 4.69. The molecule has 0 aromatic heterocycles. The van der Waals surface area contributed by atoms with Crippen LogP contribution in [0.2, 0.25) is 0 Å². The Hall–Kier alpha value is -2.97. The van der Waals surface area contributed by atoms with E-state index in [9.17, 15) is 14.2 Å². The van der Waals surface area contributed by atoms with Gasteiger partial charge >= 0.3 is 0 Å². The average Bonchev–Trinajstić information content (AvgIpc) is 2.80. The van der Waals surface area contributed by atoms with Crippen LogP contribution >= 0.6 is 7.14 Å². The van der Waals surface area contributed by atoms with Crippen LogP contribution in [0.4, 0.5) is 0 Å². The fraction of sp³-hybridized carbons (Fsp3) is 0.333. The smallest absolute Gasteiger partial charge is 0.248 e. The van der Waals surface area contributed by atoms with Crippen LogP contribution < -0.4 is 10.0 Å². The molecule has 0 N–H and O–H groups in total. The van der Waals surface area contributed by atoms with Gasteiger partial charge in [-0.05, 0) is 94.0 Å². The Balaban J connectivity index is 2.31. The van der Waals surface area contributed by atoms with Gasteiger partial charge in [0.1, 0.15) is 5.75 Å². The molecule has 3 aromatic carbocycles. The van der Waals surface area contributed by atoms with Crippen molar-refractivity contribution in [3.05, 3.63) is 93.0 Å². The lowest BCUT2D eigenvalue weighted by Gasteiger charge is -2.22. The van der Waals surface area contributed by atoms with Crippen molar-refractivity contribution in [2.24, 2.45) is 0 Å². The number of hydrogen-bond acceptors (Lipinski definition) is 4. The van der Waals surface area contributed by atoms with E-state index in [1.54, 1.807) is 31.4 Å². The van der Waals surface area contributed by atoms with Gasteiger partial charge in [-0.1, -0.05) is 48.7 Å². The first-order chi connectivity index (χ1) is 16.5. The third-order valence-electron chi connectivity index (χ3n) is 6.47. The molecule has 0 aliphatic carbocycles. The molecule has 5 heteroatoms. The largest absolute Gasteiger partial charge is 0.497 e. The molecule has 0 aliphatic rings. The molecule has 3 aromatic rings. The maximum Gasteiger partial charge on any atom is 0.248 e. The second kappa shape index (κ2) is 10.7. The normalized spacial score (nSPS) is 12.8. The van der Waals surface area contributed by atoms with Crippen molar-refractivity contribution in [2.45, 2.75) is 60.8 Å². The molecule has 0 amide bonds.